The monoisotopic (exact) mass is 309 g/mol. The molecule has 2 aliphatic rings. The maximum absolute atomic E-state index is 12.8. The molecule has 1 saturated heterocycles. The standard InChI is InChI=1S/C19H23N3O/c23-19-18(16-4-2-1-3-5-16)8-11-20-22(19)17-9-12-21(13-10-17)14-15-6-7-15/h1-5,8,11,15,17H,6-7,9-10,12-14H2. The third-order valence-corrected chi connectivity index (χ3v) is 5.07. The summed E-state index contributed by atoms with van der Waals surface area (Å²) in [6.45, 7) is 3.43. The topological polar surface area (TPSA) is 38.1 Å². The van der Waals surface area contributed by atoms with Gasteiger partial charge in [0.15, 0.2) is 0 Å². The van der Waals surface area contributed by atoms with Gasteiger partial charge >= 0.3 is 0 Å². The van der Waals surface area contributed by atoms with Crippen LogP contribution in [0.3, 0.4) is 0 Å². The Morgan fingerprint density at radius 2 is 1.74 bits per heavy atom. The van der Waals surface area contributed by atoms with E-state index in [1.54, 1.807) is 10.9 Å². The number of likely N-dealkylation sites (tertiary alicyclic amines) is 1. The van der Waals surface area contributed by atoms with Crippen LogP contribution in [0.25, 0.3) is 11.1 Å². The van der Waals surface area contributed by atoms with Crippen LogP contribution in [-0.2, 0) is 0 Å². The minimum Gasteiger partial charge on any atom is -0.303 e. The van der Waals surface area contributed by atoms with E-state index in [0.29, 0.717) is 0 Å². The lowest BCUT2D eigenvalue weighted by atomic mass is 10.0. The Bertz CT molecular complexity index is 713. The third kappa shape index (κ3) is 3.22. The molecule has 1 aliphatic heterocycles. The molecule has 0 bridgehead atoms. The lowest BCUT2D eigenvalue weighted by Gasteiger charge is -2.32. The van der Waals surface area contributed by atoms with Gasteiger partial charge in [0.05, 0.1) is 11.6 Å². The summed E-state index contributed by atoms with van der Waals surface area (Å²) < 4.78 is 1.72. The van der Waals surface area contributed by atoms with Crippen molar-refractivity contribution in [3.8, 4) is 11.1 Å². The van der Waals surface area contributed by atoms with Crippen LogP contribution >= 0.6 is 0 Å². The van der Waals surface area contributed by atoms with Gasteiger partial charge in [0.25, 0.3) is 5.56 Å². The second-order valence-electron chi connectivity index (χ2n) is 6.84. The molecule has 0 N–H and O–H groups in total. The van der Waals surface area contributed by atoms with Crippen LogP contribution in [0.1, 0.15) is 31.7 Å². The molecule has 2 heterocycles. The predicted octanol–water partition coefficient (Wildman–Crippen LogP) is 2.96. The van der Waals surface area contributed by atoms with E-state index in [1.165, 1.54) is 19.4 Å². The van der Waals surface area contributed by atoms with Gasteiger partial charge in [-0.15, -0.1) is 0 Å². The lowest BCUT2D eigenvalue weighted by molar-refractivity contribution is 0.171. The summed E-state index contributed by atoms with van der Waals surface area (Å²) >= 11 is 0. The molecule has 23 heavy (non-hydrogen) atoms. The highest BCUT2D eigenvalue weighted by atomic mass is 16.1. The van der Waals surface area contributed by atoms with Crippen LogP contribution in [0.4, 0.5) is 0 Å². The molecule has 0 unspecified atom stereocenters. The molecule has 4 heteroatoms. The molecule has 2 aromatic rings. The molecule has 4 rings (SSSR count). The summed E-state index contributed by atoms with van der Waals surface area (Å²) in [6, 6.07) is 11.9. The van der Waals surface area contributed by atoms with Gasteiger partial charge in [-0.1, -0.05) is 30.3 Å². The fraction of sp³-hybridized carbons (Fsp3) is 0.474. The Balaban J connectivity index is 1.52. The van der Waals surface area contributed by atoms with Crippen molar-refractivity contribution in [1.29, 1.82) is 0 Å². The van der Waals surface area contributed by atoms with E-state index in [4.69, 9.17) is 0 Å². The fourth-order valence-electron chi connectivity index (χ4n) is 3.54. The number of hydrogen-bond donors (Lipinski definition) is 0. The van der Waals surface area contributed by atoms with Gasteiger partial charge in [-0.3, -0.25) is 4.79 Å². The quantitative estimate of drug-likeness (QED) is 0.871. The summed E-state index contributed by atoms with van der Waals surface area (Å²) in [5.41, 5.74) is 1.76. The summed E-state index contributed by atoms with van der Waals surface area (Å²) in [5, 5.41) is 4.37. The molecule has 0 spiro atoms. The lowest BCUT2D eigenvalue weighted by Crippen LogP contribution is -2.39. The van der Waals surface area contributed by atoms with Crippen molar-refractivity contribution < 1.29 is 0 Å². The van der Waals surface area contributed by atoms with E-state index in [2.05, 4.69) is 10.00 Å². The minimum atomic E-state index is 0.0411. The summed E-state index contributed by atoms with van der Waals surface area (Å²) in [7, 11) is 0. The molecule has 120 valence electrons. The highest BCUT2D eigenvalue weighted by Gasteiger charge is 2.28. The van der Waals surface area contributed by atoms with Crippen molar-refractivity contribution in [2.24, 2.45) is 5.92 Å². The molecule has 1 aliphatic carbocycles. The third-order valence-electron chi connectivity index (χ3n) is 5.07. The summed E-state index contributed by atoms with van der Waals surface area (Å²) in [6.07, 6.45) is 6.62. The van der Waals surface area contributed by atoms with Crippen LogP contribution in [-0.4, -0.2) is 34.3 Å². The Morgan fingerprint density at radius 1 is 1.00 bits per heavy atom. The van der Waals surface area contributed by atoms with Crippen LogP contribution < -0.4 is 5.56 Å². The Kier molecular flexibility index (Phi) is 4.00. The summed E-state index contributed by atoms with van der Waals surface area (Å²) in [5.74, 6) is 0.939. The van der Waals surface area contributed by atoms with Gasteiger partial charge in [-0.2, -0.15) is 5.10 Å². The van der Waals surface area contributed by atoms with Crippen molar-refractivity contribution >= 4 is 0 Å². The van der Waals surface area contributed by atoms with Gasteiger partial charge in [-0.05, 0) is 43.2 Å². The van der Waals surface area contributed by atoms with E-state index >= 15 is 0 Å². The highest BCUT2D eigenvalue weighted by molar-refractivity contribution is 5.61. The predicted molar refractivity (Wildman–Crippen MR) is 91.4 cm³/mol. The molecule has 2 fully saturated rings. The van der Waals surface area contributed by atoms with E-state index in [-0.39, 0.29) is 11.6 Å². The molecular weight excluding hydrogens is 286 g/mol. The zero-order chi connectivity index (χ0) is 15.6. The molecule has 0 radical (unpaired) electrons. The molecular formula is C19H23N3O. The van der Waals surface area contributed by atoms with Gasteiger partial charge in [-0.25, -0.2) is 4.68 Å². The molecule has 1 aromatic heterocycles. The normalized spacial score (nSPS) is 19.8. The van der Waals surface area contributed by atoms with Crippen molar-refractivity contribution in [3.05, 3.63) is 52.9 Å². The maximum atomic E-state index is 12.8. The first-order valence-corrected chi connectivity index (χ1v) is 8.67. The average Bonchev–Trinajstić information content (AvgIpc) is 3.41. The van der Waals surface area contributed by atoms with E-state index < -0.39 is 0 Å². The second-order valence-corrected chi connectivity index (χ2v) is 6.84. The van der Waals surface area contributed by atoms with E-state index in [9.17, 15) is 4.79 Å². The van der Waals surface area contributed by atoms with E-state index in [0.717, 1.165) is 43.0 Å². The van der Waals surface area contributed by atoms with E-state index in [1.807, 2.05) is 36.4 Å². The van der Waals surface area contributed by atoms with Crippen LogP contribution in [0.2, 0.25) is 0 Å². The Morgan fingerprint density at radius 3 is 2.43 bits per heavy atom. The molecule has 0 atom stereocenters. The first-order valence-electron chi connectivity index (χ1n) is 8.67. The number of aromatic nitrogens is 2. The second kappa shape index (κ2) is 6.28. The van der Waals surface area contributed by atoms with Crippen LogP contribution in [0.5, 0.6) is 0 Å². The van der Waals surface area contributed by atoms with Crippen molar-refractivity contribution in [2.45, 2.75) is 31.7 Å². The van der Waals surface area contributed by atoms with Gasteiger partial charge in [0.1, 0.15) is 0 Å². The number of nitrogens with zero attached hydrogens (tertiary/aromatic N) is 3. The maximum Gasteiger partial charge on any atom is 0.274 e. The largest absolute Gasteiger partial charge is 0.303 e. The average molecular weight is 309 g/mol. The molecule has 1 saturated carbocycles. The van der Waals surface area contributed by atoms with Crippen LogP contribution in [0.15, 0.2) is 47.4 Å². The highest BCUT2D eigenvalue weighted by Crippen LogP contribution is 2.31. The number of piperidine rings is 1. The minimum absolute atomic E-state index is 0.0411. The van der Waals surface area contributed by atoms with Crippen LogP contribution in [0, 0.1) is 5.92 Å². The van der Waals surface area contributed by atoms with Gasteiger partial charge in [0.2, 0.25) is 0 Å². The molecule has 1 aromatic carbocycles. The molecule has 0 amide bonds. The zero-order valence-electron chi connectivity index (χ0n) is 13.4. The van der Waals surface area contributed by atoms with Crippen molar-refractivity contribution in [3.63, 3.8) is 0 Å². The number of rotatable bonds is 4. The smallest absolute Gasteiger partial charge is 0.274 e. The van der Waals surface area contributed by atoms with Crippen molar-refractivity contribution in [2.75, 3.05) is 19.6 Å². The Labute approximate surface area is 136 Å². The SMILES string of the molecule is O=c1c(-c2ccccc2)ccnn1C1CCN(CC2CC2)CC1. The first-order chi connectivity index (χ1) is 11.3. The molecule has 4 nitrogen and oxygen atoms in total. The van der Waals surface area contributed by atoms with Gasteiger partial charge < -0.3 is 4.90 Å². The van der Waals surface area contributed by atoms with Gasteiger partial charge in [0, 0.05) is 25.8 Å². The fourth-order valence-corrected chi connectivity index (χ4v) is 3.54. The first kappa shape index (κ1) is 14.6. The zero-order valence-corrected chi connectivity index (χ0v) is 13.4. The summed E-state index contributed by atoms with van der Waals surface area (Å²) in [4.78, 5) is 15.4. The van der Waals surface area contributed by atoms with Crippen molar-refractivity contribution in [1.82, 2.24) is 14.7 Å². The number of hydrogen-bond acceptors (Lipinski definition) is 3. The Hall–Kier alpha value is -1.94. The number of benzene rings is 1.